The first-order valence-electron chi connectivity index (χ1n) is 7.64. The molecule has 0 amide bonds. The maximum atomic E-state index is 14.3. The monoisotopic (exact) mass is 430 g/mol. The van der Waals surface area contributed by atoms with Crippen LogP contribution >= 0.6 is 22.9 Å². The summed E-state index contributed by atoms with van der Waals surface area (Å²) in [7, 11) is -4.18. The smallest absolute Gasteiger partial charge is 0.266 e. The van der Waals surface area contributed by atoms with Gasteiger partial charge in [0.15, 0.2) is 5.13 Å². The molecule has 0 aliphatic carbocycles. The summed E-state index contributed by atoms with van der Waals surface area (Å²) in [5, 5.41) is 1.63. The molecule has 10 heteroatoms. The van der Waals surface area contributed by atoms with E-state index < -0.39 is 20.7 Å². The van der Waals surface area contributed by atoms with Gasteiger partial charge in [-0.25, -0.2) is 22.2 Å². The van der Waals surface area contributed by atoms with Crippen molar-refractivity contribution in [2.24, 2.45) is 0 Å². The van der Waals surface area contributed by atoms with Gasteiger partial charge in [0, 0.05) is 24.1 Å². The van der Waals surface area contributed by atoms with Crippen LogP contribution in [-0.4, -0.2) is 20.0 Å². The van der Waals surface area contributed by atoms with Crippen LogP contribution in [0.5, 0.6) is 5.75 Å². The SMILES string of the molecule is O=S(=O)(Nc1nccs1)c1cc(Cl)c(OCCc2cccc(F)c2)cc1F. The largest absolute Gasteiger partial charge is 0.492 e. The molecule has 2 aromatic carbocycles. The zero-order valence-corrected chi connectivity index (χ0v) is 16.0. The molecule has 0 radical (unpaired) electrons. The first-order chi connectivity index (χ1) is 12.8. The molecule has 27 heavy (non-hydrogen) atoms. The molecule has 1 aromatic heterocycles. The molecule has 1 N–H and O–H groups in total. The average molecular weight is 431 g/mol. The Bertz CT molecular complexity index is 1040. The Kier molecular flexibility index (Phi) is 5.93. The van der Waals surface area contributed by atoms with Crippen molar-refractivity contribution >= 4 is 38.1 Å². The number of nitrogens with one attached hydrogen (secondary N) is 1. The van der Waals surface area contributed by atoms with Crippen molar-refractivity contribution in [2.45, 2.75) is 11.3 Å². The fourth-order valence-corrected chi connectivity index (χ4v) is 4.40. The number of nitrogens with zero attached hydrogens (tertiary/aromatic N) is 1. The van der Waals surface area contributed by atoms with Gasteiger partial charge in [-0.3, -0.25) is 4.72 Å². The normalized spacial score (nSPS) is 11.4. The van der Waals surface area contributed by atoms with E-state index in [1.807, 2.05) is 0 Å². The lowest BCUT2D eigenvalue weighted by Gasteiger charge is -2.11. The second-order valence-electron chi connectivity index (χ2n) is 5.38. The molecule has 0 aliphatic heterocycles. The molecule has 142 valence electrons. The van der Waals surface area contributed by atoms with Crippen molar-refractivity contribution in [3.8, 4) is 5.75 Å². The summed E-state index contributed by atoms with van der Waals surface area (Å²) in [4.78, 5) is 3.18. The fourth-order valence-electron chi connectivity index (χ4n) is 2.24. The summed E-state index contributed by atoms with van der Waals surface area (Å²) in [5.41, 5.74) is 0.707. The number of halogens is 3. The van der Waals surface area contributed by atoms with Gasteiger partial charge in [0.2, 0.25) is 0 Å². The molecule has 0 aliphatic rings. The number of hydrogen-bond acceptors (Lipinski definition) is 5. The molecule has 0 unspecified atom stereocenters. The molecule has 0 saturated carbocycles. The number of rotatable bonds is 7. The minimum Gasteiger partial charge on any atom is -0.492 e. The Morgan fingerprint density at radius 3 is 2.74 bits per heavy atom. The van der Waals surface area contributed by atoms with Gasteiger partial charge in [0.1, 0.15) is 22.3 Å². The van der Waals surface area contributed by atoms with Crippen molar-refractivity contribution < 1.29 is 21.9 Å². The van der Waals surface area contributed by atoms with Gasteiger partial charge in [-0.05, 0) is 23.8 Å². The van der Waals surface area contributed by atoms with Crippen LogP contribution in [0.25, 0.3) is 0 Å². The van der Waals surface area contributed by atoms with E-state index in [2.05, 4.69) is 9.71 Å². The van der Waals surface area contributed by atoms with Crippen molar-refractivity contribution in [3.63, 3.8) is 0 Å². The highest BCUT2D eigenvalue weighted by Gasteiger charge is 2.23. The Labute approximate surface area is 163 Å². The van der Waals surface area contributed by atoms with E-state index in [4.69, 9.17) is 16.3 Å². The van der Waals surface area contributed by atoms with Gasteiger partial charge in [0.25, 0.3) is 10.0 Å². The summed E-state index contributed by atoms with van der Waals surface area (Å²) >= 11 is 7.10. The lowest BCUT2D eigenvalue weighted by Crippen LogP contribution is -2.15. The first kappa shape index (κ1) is 19.5. The summed E-state index contributed by atoms with van der Waals surface area (Å²) in [6.07, 6.45) is 1.79. The number of benzene rings is 2. The molecule has 3 aromatic rings. The number of hydrogen-bond donors (Lipinski definition) is 1. The van der Waals surface area contributed by atoms with E-state index in [1.165, 1.54) is 18.3 Å². The third kappa shape index (κ3) is 4.94. The topological polar surface area (TPSA) is 68.3 Å². The lowest BCUT2D eigenvalue weighted by molar-refractivity contribution is 0.319. The van der Waals surface area contributed by atoms with Gasteiger partial charge in [-0.1, -0.05) is 23.7 Å². The van der Waals surface area contributed by atoms with E-state index in [9.17, 15) is 17.2 Å². The Balaban J connectivity index is 1.72. The van der Waals surface area contributed by atoms with Crippen LogP contribution in [0.3, 0.4) is 0 Å². The van der Waals surface area contributed by atoms with Crippen molar-refractivity contribution in [1.29, 1.82) is 0 Å². The average Bonchev–Trinajstić information content (AvgIpc) is 3.10. The van der Waals surface area contributed by atoms with Crippen molar-refractivity contribution in [1.82, 2.24) is 4.98 Å². The van der Waals surface area contributed by atoms with Crippen LogP contribution < -0.4 is 9.46 Å². The van der Waals surface area contributed by atoms with Crippen LogP contribution in [0, 0.1) is 11.6 Å². The zero-order chi connectivity index (χ0) is 19.4. The minimum atomic E-state index is -4.18. The predicted molar refractivity (Wildman–Crippen MR) is 99.9 cm³/mol. The number of anilines is 1. The molecular weight excluding hydrogens is 418 g/mol. The Morgan fingerprint density at radius 1 is 1.22 bits per heavy atom. The standard InChI is InChI=1S/C17H13ClF2N2O3S2/c18-13-9-16(27(23,24)22-17-21-5-7-26-17)14(20)10-15(13)25-6-4-11-2-1-3-12(19)8-11/h1-3,5,7-10H,4,6H2,(H,21,22). The van der Waals surface area contributed by atoms with E-state index in [0.717, 1.165) is 23.5 Å². The molecule has 5 nitrogen and oxygen atoms in total. The predicted octanol–water partition coefficient (Wildman–Crippen LogP) is 4.50. The van der Waals surface area contributed by atoms with E-state index >= 15 is 0 Å². The molecule has 0 spiro atoms. The molecular formula is C17H13ClF2N2O3S2. The van der Waals surface area contributed by atoms with Gasteiger partial charge >= 0.3 is 0 Å². The summed E-state index contributed by atoms with van der Waals surface area (Å²) in [6, 6.07) is 7.89. The molecule has 0 fully saturated rings. The van der Waals surface area contributed by atoms with Gasteiger partial charge in [-0.2, -0.15) is 0 Å². The Morgan fingerprint density at radius 2 is 2.04 bits per heavy atom. The highest BCUT2D eigenvalue weighted by atomic mass is 35.5. The third-order valence-electron chi connectivity index (χ3n) is 3.47. The second-order valence-corrected chi connectivity index (χ2v) is 8.34. The second kappa shape index (κ2) is 8.20. The lowest BCUT2D eigenvalue weighted by atomic mass is 10.1. The van der Waals surface area contributed by atoms with Crippen LogP contribution in [0.4, 0.5) is 13.9 Å². The first-order valence-corrected chi connectivity index (χ1v) is 10.4. The van der Waals surface area contributed by atoms with Gasteiger partial charge in [0.05, 0.1) is 11.6 Å². The highest BCUT2D eigenvalue weighted by Crippen LogP contribution is 2.31. The van der Waals surface area contributed by atoms with E-state index in [0.29, 0.717) is 12.0 Å². The van der Waals surface area contributed by atoms with Gasteiger partial charge in [-0.15, -0.1) is 11.3 Å². The van der Waals surface area contributed by atoms with Crippen LogP contribution in [0.15, 0.2) is 52.9 Å². The summed E-state index contributed by atoms with van der Waals surface area (Å²) < 4.78 is 59.7. The van der Waals surface area contributed by atoms with Gasteiger partial charge < -0.3 is 4.74 Å². The molecule has 0 saturated heterocycles. The third-order valence-corrected chi connectivity index (χ3v) is 5.93. The van der Waals surface area contributed by atoms with Crippen molar-refractivity contribution in [2.75, 3.05) is 11.3 Å². The van der Waals surface area contributed by atoms with E-state index in [-0.39, 0.29) is 28.3 Å². The maximum Gasteiger partial charge on any atom is 0.266 e. The van der Waals surface area contributed by atoms with Crippen LogP contribution in [0.2, 0.25) is 5.02 Å². The molecule has 1 heterocycles. The number of sulfonamides is 1. The zero-order valence-electron chi connectivity index (χ0n) is 13.7. The highest BCUT2D eigenvalue weighted by molar-refractivity contribution is 7.93. The van der Waals surface area contributed by atoms with Crippen LogP contribution in [-0.2, 0) is 16.4 Å². The number of thiazole rings is 1. The van der Waals surface area contributed by atoms with Crippen molar-refractivity contribution in [3.05, 3.63) is 70.2 Å². The molecule has 0 bridgehead atoms. The molecule has 0 atom stereocenters. The number of aromatic nitrogens is 1. The quantitative estimate of drug-likeness (QED) is 0.599. The number of ether oxygens (including phenoxy) is 1. The summed E-state index contributed by atoms with van der Waals surface area (Å²) in [6.45, 7) is 0.117. The summed E-state index contributed by atoms with van der Waals surface area (Å²) in [5.74, 6) is -1.37. The Hall–Kier alpha value is -2.23. The van der Waals surface area contributed by atoms with Crippen LogP contribution in [0.1, 0.15) is 5.56 Å². The molecule has 3 rings (SSSR count). The minimum absolute atomic E-state index is 0.00114. The maximum absolute atomic E-state index is 14.3. The fraction of sp³-hybridized carbons (Fsp3) is 0.118. The van der Waals surface area contributed by atoms with E-state index in [1.54, 1.807) is 17.5 Å².